The van der Waals surface area contributed by atoms with E-state index in [1.54, 1.807) is 6.07 Å². The van der Waals surface area contributed by atoms with Crippen LogP contribution in [0.25, 0.3) is 0 Å². The van der Waals surface area contributed by atoms with Gasteiger partial charge in [0.15, 0.2) is 0 Å². The summed E-state index contributed by atoms with van der Waals surface area (Å²) in [5, 5.41) is 0. The van der Waals surface area contributed by atoms with Crippen molar-refractivity contribution in [3.8, 4) is 0 Å². The summed E-state index contributed by atoms with van der Waals surface area (Å²) in [6, 6.07) is 5.59. The minimum absolute atomic E-state index is 0.104. The first kappa shape index (κ1) is 18.3. The normalized spacial score (nSPS) is 19.8. The molecular formula is C16H26BNO4S. The van der Waals surface area contributed by atoms with E-state index in [0.717, 1.165) is 11.0 Å². The summed E-state index contributed by atoms with van der Waals surface area (Å²) >= 11 is 0. The smallest absolute Gasteiger partial charge is 0.399 e. The van der Waals surface area contributed by atoms with Crippen LogP contribution in [0.4, 0.5) is 5.69 Å². The Kier molecular flexibility index (Phi) is 4.86. The number of rotatable bonds is 5. The van der Waals surface area contributed by atoms with Crippen LogP contribution in [0.2, 0.25) is 0 Å². The summed E-state index contributed by atoms with van der Waals surface area (Å²) in [5.74, 6) is 0.104. The van der Waals surface area contributed by atoms with E-state index < -0.39 is 28.3 Å². The molecule has 128 valence electrons. The van der Waals surface area contributed by atoms with Gasteiger partial charge in [-0.2, -0.15) is 0 Å². The highest BCUT2D eigenvalue weighted by Crippen LogP contribution is 2.36. The lowest BCUT2D eigenvalue weighted by Crippen LogP contribution is -2.41. The van der Waals surface area contributed by atoms with Crippen LogP contribution in [0.5, 0.6) is 0 Å². The summed E-state index contributed by atoms with van der Waals surface area (Å²) in [6.45, 7) is 11.7. The second-order valence-electron chi connectivity index (χ2n) is 7.08. The molecule has 0 spiro atoms. The van der Waals surface area contributed by atoms with Gasteiger partial charge >= 0.3 is 7.12 Å². The minimum Gasteiger partial charge on any atom is -0.399 e. The zero-order valence-electron chi connectivity index (χ0n) is 14.8. The van der Waals surface area contributed by atoms with Crippen LogP contribution in [-0.2, 0) is 19.3 Å². The van der Waals surface area contributed by atoms with Crippen molar-refractivity contribution in [1.29, 1.82) is 0 Å². The Morgan fingerprint density at radius 2 is 1.70 bits per heavy atom. The first-order valence-electron chi connectivity index (χ1n) is 7.94. The average molecular weight is 339 g/mol. The maximum atomic E-state index is 12.0. The highest BCUT2D eigenvalue weighted by Gasteiger charge is 2.51. The molecule has 0 unspecified atom stereocenters. The maximum absolute atomic E-state index is 12.0. The van der Waals surface area contributed by atoms with E-state index in [0.29, 0.717) is 12.1 Å². The van der Waals surface area contributed by atoms with Crippen molar-refractivity contribution in [2.45, 2.75) is 59.2 Å². The maximum Gasteiger partial charge on any atom is 0.494 e. The predicted octanol–water partition coefficient (Wildman–Crippen LogP) is 2.45. The van der Waals surface area contributed by atoms with Crippen molar-refractivity contribution in [1.82, 2.24) is 0 Å². The molecule has 23 heavy (non-hydrogen) atoms. The summed E-state index contributed by atoms with van der Waals surface area (Å²) in [5.41, 5.74) is 1.40. The molecule has 0 bridgehead atoms. The monoisotopic (exact) mass is 339 g/mol. The fourth-order valence-corrected chi connectivity index (χ4v) is 3.56. The number of sulfonamides is 1. The molecule has 7 heteroatoms. The predicted molar refractivity (Wildman–Crippen MR) is 94.6 cm³/mol. The Morgan fingerprint density at radius 3 is 2.22 bits per heavy atom. The van der Waals surface area contributed by atoms with Gasteiger partial charge in [0, 0.05) is 0 Å². The number of nitrogens with one attached hydrogen (secondary N) is 1. The van der Waals surface area contributed by atoms with E-state index in [1.165, 1.54) is 0 Å². The molecule has 0 atom stereocenters. The Hall–Kier alpha value is -1.05. The van der Waals surface area contributed by atoms with Gasteiger partial charge < -0.3 is 9.31 Å². The average Bonchev–Trinajstić information content (AvgIpc) is 2.60. The van der Waals surface area contributed by atoms with E-state index in [-0.39, 0.29) is 5.75 Å². The number of anilines is 1. The van der Waals surface area contributed by atoms with Crippen LogP contribution in [-0.4, -0.2) is 32.5 Å². The molecule has 0 saturated carbocycles. The molecule has 0 aromatic heterocycles. The molecule has 1 fully saturated rings. The Morgan fingerprint density at radius 1 is 1.13 bits per heavy atom. The van der Waals surface area contributed by atoms with Gasteiger partial charge in [-0.25, -0.2) is 8.42 Å². The van der Waals surface area contributed by atoms with E-state index in [2.05, 4.69) is 4.72 Å². The number of aryl methyl sites for hydroxylation is 1. The summed E-state index contributed by atoms with van der Waals surface area (Å²) in [6.07, 6.45) is 0.575. The van der Waals surface area contributed by atoms with E-state index in [4.69, 9.17) is 9.31 Å². The third-order valence-corrected chi connectivity index (χ3v) is 6.00. The molecule has 1 aliphatic heterocycles. The Bertz CT molecular complexity index is 669. The van der Waals surface area contributed by atoms with Crippen LogP contribution in [0.3, 0.4) is 0 Å². The molecule has 0 aliphatic carbocycles. The third kappa shape index (κ3) is 3.90. The van der Waals surface area contributed by atoms with Gasteiger partial charge in [-0.15, -0.1) is 0 Å². The van der Waals surface area contributed by atoms with Crippen LogP contribution in [0, 0.1) is 6.92 Å². The van der Waals surface area contributed by atoms with Crippen molar-refractivity contribution >= 4 is 28.3 Å². The minimum atomic E-state index is -3.32. The summed E-state index contributed by atoms with van der Waals surface area (Å²) < 4.78 is 38.7. The van der Waals surface area contributed by atoms with Crippen molar-refractivity contribution in [2.24, 2.45) is 0 Å². The largest absolute Gasteiger partial charge is 0.494 e. The fourth-order valence-electron chi connectivity index (χ4n) is 2.36. The van der Waals surface area contributed by atoms with Gasteiger partial charge in [0.25, 0.3) is 0 Å². The van der Waals surface area contributed by atoms with E-state index in [9.17, 15) is 8.42 Å². The molecular weight excluding hydrogens is 313 g/mol. The van der Waals surface area contributed by atoms with Gasteiger partial charge in [-0.3, -0.25) is 4.72 Å². The molecule has 1 aliphatic rings. The van der Waals surface area contributed by atoms with Crippen molar-refractivity contribution in [3.63, 3.8) is 0 Å². The molecule has 0 radical (unpaired) electrons. The topological polar surface area (TPSA) is 64.6 Å². The highest BCUT2D eigenvalue weighted by atomic mass is 32.2. The van der Waals surface area contributed by atoms with E-state index in [1.807, 2.05) is 53.7 Å². The fraction of sp³-hybridized carbons (Fsp3) is 0.625. The highest BCUT2D eigenvalue weighted by molar-refractivity contribution is 7.92. The quantitative estimate of drug-likeness (QED) is 0.837. The zero-order valence-corrected chi connectivity index (χ0v) is 15.6. The van der Waals surface area contributed by atoms with Gasteiger partial charge in [0.05, 0.1) is 22.6 Å². The first-order chi connectivity index (χ1) is 10.5. The zero-order chi connectivity index (χ0) is 17.5. The summed E-state index contributed by atoms with van der Waals surface area (Å²) in [7, 11) is -3.83. The van der Waals surface area contributed by atoms with Crippen LogP contribution in [0.15, 0.2) is 18.2 Å². The van der Waals surface area contributed by atoms with Gasteiger partial charge in [0.1, 0.15) is 0 Å². The van der Waals surface area contributed by atoms with E-state index >= 15 is 0 Å². The standard InChI is InChI=1S/C16H26BNO4S/c1-7-10-23(19,20)18-14-11-13(9-8-12(14)2)17-21-15(3,4)16(5,6)22-17/h8-9,11,18H,7,10H2,1-6H3. The van der Waals surface area contributed by atoms with Crippen LogP contribution >= 0.6 is 0 Å². The summed E-state index contributed by atoms with van der Waals surface area (Å²) in [4.78, 5) is 0. The lowest BCUT2D eigenvalue weighted by Gasteiger charge is -2.32. The number of hydrogen-bond acceptors (Lipinski definition) is 4. The first-order valence-corrected chi connectivity index (χ1v) is 9.59. The number of benzene rings is 1. The van der Waals surface area contributed by atoms with Crippen molar-refractivity contribution in [3.05, 3.63) is 23.8 Å². The molecule has 2 rings (SSSR count). The van der Waals surface area contributed by atoms with Gasteiger partial charge in [-0.1, -0.05) is 19.1 Å². The van der Waals surface area contributed by atoms with Gasteiger partial charge in [-0.05, 0) is 58.1 Å². The molecule has 1 N–H and O–H groups in total. The second-order valence-corrected chi connectivity index (χ2v) is 8.93. The SMILES string of the molecule is CCCS(=O)(=O)Nc1cc(B2OC(C)(C)C(C)(C)O2)ccc1C. The molecule has 1 saturated heterocycles. The molecule has 1 heterocycles. The van der Waals surface area contributed by atoms with Crippen LogP contribution in [0.1, 0.15) is 46.6 Å². The molecule has 0 amide bonds. The third-order valence-electron chi connectivity index (χ3n) is 4.53. The lowest BCUT2D eigenvalue weighted by atomic mass is 9.78. The Labute approximate surface area is 140 Å². The van der Waals surface area contributed by atoms with Gasteiger partial charge in [0.2, 0.25) is 10.0 Å². The molecule has 5 nitrogen and oxygen atoms in total. The lowest BCUT2D eigenvalue weighted by molar-refractivity contribution is 0.00578. The molecule has 1 aromatic rings. The molecule has 1 aromatic carbocycles. The van der Waals surface area contributed by atoms with Crippen molar-refractivity contribution in [2.75, 3.05) is 10.5 Å². The Balaban J connectivity index is 2.28. The van der Waals surface area contributed by atoms with Crippen LogP contribution < -0.4 is 10.2 Å². The number of hydrogen-bond donors (Lipinski definition) is 1. The van der Waals surface area contributed by atoms with Crippen molar-refractivity contribution < 1.29 is 17.7 Å². The second kappa shape index (κ2) is 6.11.